The second-order valence-corrected chi connectivity index (χ2v) is 5.93. The Kier molecular flexibility index (Phi) is 6.32. The Morgan fingerprint density at radius 3 is 2.75 bits per heavy atom. The Morgan fingerprint density at radius 1 is 1.33 bits per heavy atom. The molecule has 0 fully saturated rings. The van der Waals surface area contributed by atoms with Gasteiger partial charge in [0.05, 0.1) is 6.61 Å². The summed E-state index contributed by atoms with van der Waals surface area (Å²) in [7, 11) is 0. The summed E-state index contributed by atoms with van der Waals surface area (Å²) in [5, 5.41) is 3.00. The lowest BCUT2D eigenvalue weighted by atomic mass is 9.81. The Morgan fingerprint density at radius 2 is 2.08 bits per heavy atom. The number of nitrogens with two attached hydrogens (primary N) is 1. The van der Waals surface area contributed by atoms with Crippen LogP contribution in [0, 0.1) is 0 Å². The molecule has 1 aromatic carbocycles. The molecule has 2 rings (SSSR count). The van der Waals surface area contributed by atoms with Crippen molar-refractivity contribution in [1.29, 1.82) is 0 Å². The first-order valence-corrected chi connectivity index (χ1v) is 8.14. The normalized spacial score (nSPS) is 22.8. The topological polar surface area (TPSA) is 81.4 Å². The third kappa shape index (κ3) is 4.11. The van der Waals surface area contributed by atoms with Gasteiger partial charge in [-0.05, 0) is 30.9 Å². The van der Waals surface area contributed by atoms with E-state index in [0.29, 0.717) is 6.42 Å². The van der Waals surface area contributed by atoms with Crippen molar-refractivity contribution in [3.8, 4) is 0 Å². The van der Waals surface area contributed by atoms with Crippen LogP contribution in [0.3, 0.4) is 0 Å². The second-order valence-electron chi connectivity index (χ2n) is 5.93. The van der Waals surface area contributed by atoms with Gasteiger partial charge in [0.15, 0.2) is 11.9 Å². The minimum atomic E-state index is -1.21. The van der Waals surface area contributed by atoms with E-state index in [1.165, 1.54) is 12.3 Å². The zero-order valence-electron chi connectivity index (χ0n) is 13.7. The molecule has 0 bridgehead atoms. The molecule has 24 heavy (non-hydrogen) atoms. The monoisotopic (exact) mass is 328 g/mol. The minimum absolute atomic E-state index is 0.243. The fourth-order valence-electron chi connectivity index (χ4n) is 2.88. The summed E-state index contributed by atoms with van der Waals surface area (Å²) in [6, 6.07) is 9.53. The van der Waals surface area contributed by atoms with Gasteiger partial charge >= 0.3 is 0 Å². The fourth-order valence-corrected chi connectivity index (χ4v) is 2.88. The van der Waals surface area contributed by atoms with E-state index in [4.69, 9.17) is 10.5 Å². The van der Waals surface area contributed by atoms with Gasteiger partial charge in [0.25, 0.3) is 0 Å². The SMILES string of the molecule is C=CCCCCC1(C(N)=O)NC=CC(=O)C1OCc1ccccc1. The predicted molar refractivity (Wildman–Crippen MR) is 92.9 cm³/mol. The molecule has 0 saturated heterocycles. The van der Waals surface area contributed by atoms with Crippen LogP contribution in [0.4, 0.5) is 0 Å². The first kappa shape index (κ1) is 17.9. The first-order chi connectivity index (χ1) is 11.6. The van der Waals surface area contributed by atoms with Crippen molar-refractivity contribution in [2.24, 2.45) is 5.73 Å². The fraction of sp³-hybridized carbons (Fsp3) is 0.368. The lowest BCUT2D eigenvalue weighted by molar-refractivity contribution is -0.145. The lowest BCUT2D eigenvalue weighted by Gasteiger charge is -2.39. The summed E-state index contributed by atoms with van der Waals surface area (Å²) in [6.07, 6.45) is 6.70. The third-order valence-corrected chi connectivity index (χ3v) is 4.22. The van der Waals surface area contributed by atoms with Crippen molar-refractivity contribution < 1.29 is 14.3 Å². The van der Waals surface area contributed by atoms with Crippen molar-refractivity contribution in [2.75, 3.05) is 0 Å². The summed E-state index contributed by atoms with van der Waals surface area (Å²) in [4.78, 5) is 24.5. The van der Waals surface area contributed by atoms with Crippen LogP contribution < -0.4 is 11.1 Å². The number of hydrogen-bond donors (Lipinski definition) is 2. The van der Waals surface area contributed by atoms with E-state index in [9.17, 15) is 9.59 Å². The van der Waals surface area contributed by atoms with Crippen LogP contribution in [0.1, 0.15) is 31.2 Å². The molecule has 128 valence electrons. The summed E-state index contributed by atoms with van der Waals surface area (Å²) in [6.45, 7) is 3.93. The molecule has 0 aromatic heterocycles. The van der Waals surface area contributed by atoms with E-state index in [1.807, 2.05) is 36.4 Å². The number of carbonyl (C=O) groups excluding carboxylic acids is 2. The van der Waals surface area contributed by atoms with Gasteiger partial charge in [0, 0.05) is 6.20 Å². The number of nitrogens with one attached hydrogen (secondary N) is 1. The maximum absolute atomic E-state index is 12.3. The zero-order chi connectivity index (χ0) is 17.4. The highest BCUT2D eigenvalue weighted by Gasteiger charge is 2.49. The summed E-state index contributed by atoms with van der Waals surface area (Å²) in [5.74, 6) is -0.816. The van der Waals surface area contributed by atoms with E-state index in [2.05, 4.69) is 11.9 Å². The van der Waals surface area contributed by atoms with Gasteiger partial charge in [-0.3, -0.25) is 9.59 Å². The largest absolute Gasteiger partial charge is 0.375 e. The number of allylic oxidation sites excluding steroid dienone is 1. The van der Waals surface area contributed by atoms with Crippen molar-refractivity contribution in [3.63, 3.8) is 0 Å². The number of benzene rings is 1. The number of primary amides is 1. The highest BCUT2D eigenvalue weighted by molar-refractivity contribution is 6.02. The van der Waals surface area contributed by atoms with Crippen molar-refractivity contribution in [3.05, 3.63) is 60.8 Å². The molecule has 0 aliphatic carbocycles. The molecule has 1 aromatic rings. The third-order valence-electron chi connectivity index (χ3n) is 4.22. The van der Waals surface area contributed by atoms with Gasteiger partial charge in [0.1, 0.15) is 5.54 Å². The van der Waals surface area contributed by atoms with Crippen molar-refractivity contribution in [1.82, 2.24) is 5.32 Å². The molecule has 0 radical (unpaired) electrons. The molecule has 1 amide bonds. The van der Waals surface area contributed by atoms with Crippen molar-refractivity contribution >= 4 is 11.7 Å². The number of ether oxygens (including phenoxy) is 1. The van der Waals surface area contributed by atoms with Crippen molar-refractivity contribution in [2.45, 2.75) is 43.9 Å². The van der Waals surface area contributed by atoms with Crippen LogP contribution in [-0.4, -0.2) is 23.3 Å². The molecule has 2 atom stereocenters. The Balaban J connectivity index is 2.14. The van der Waals surface area contributed by atoms with E-state index in [1.54, 1.807) is 0 Å². The number of amides is 1. The molecule has 1 aliphatic heterocycles. The molecule has 1 heterocycles. The Labute approximate surface area is 142 Å². The van der Waals surface area contributed by atoms with Crippen LogP contribution in [0.5, 0.6) is 0 Å². The molecule has 1 aliphatic rings. The molecule has 0 spiro atoms. The van der Waals surface area contributed by atoms with Crippen LogP contribution in [-0.2, 0) is 20.9 Å². The number of unbranched alkanes of at least 4 members (excludes halogenated alkanes) is 2. The lowest BCUT2D eigenvalue weighted by Crippen LogP contribution is -2.65. The number of carbonyl (C=O) groups is 2. The smallest absolute Gasteiger partial charge is 0.246 e. The van der Waals surface area contributed by atoms with E-state index >= 15 is 0 Å². The summed E-state index contributed by atoms with van der Waals surface area (Å²) >= 11 is 0. The second kappa shape index (κ2) is 8.45. The summed E-state index contributed by atoms with van der Waals surface area (Å²) < 4.78 is 5.83. The Hall–Kier alpha value is -2.40. The maximum atomic E-state index is 12.3. The van der Waals surface area contributed by atoms with Crippen LogP contribution in [0.2, 0.25) is 0 Å². The quantitative estimate of drug-likeness (QED) is 0.538. The van der Waals surface area contributed by atoms with Gasteiger partial charge in [-0.25, -0.2) is 0 Å². The number of ketones is 1. The average molecular weight is 328 g/mol. The highest BCUT2D eigenvalue weighted by atomic mass is 16.5. The average Bonchev–Trinajstić information content (AvgIpc) is 2.58. The van der Waals surface area contributed by atoms with Gasteiger partial charge < -0.3 is 15.8 Å². The highest BCUT2D eigenvalue weighted by Crippen LogP contribution is 2.27. The van der Waals surface area contributed by atoms with E-state index in [0.717, 1.165) is 24.8 Å². The minimum Gasteiger partial charge on any atom is -0.375 e. The maximum Gasteiger partial charge on any atom is 0.246 e. The molecule has 0 saturated carbocycles. The van der Waals surface area contributed by atoms with Gasteiger partial charge in [-0.1, -0.05) is 42.8 Å². The van der Waals surface area contributed by atoms with Gasteiger partial charge in [-0.2, -0.15) is 0 Å². The first-order valence-electron chi connectivity index (χ1n) is 8.14. The van der Waals surface area contributed by atoms with E-state index in [-0.39, 0.29) is 12.4 Å². The summed E-state index contributed by atoms with van der Waals surface area (Å²) in [5.41, 5.74) is 5.38. The molecule has 3 N–H and O–H groups in total. The van der Waals surface area contributed by atoms with Crippen LogP contribution in [0.15, 0.2) is 55.3 Å². The molecule has 5 heteroatoms. The number of rotatable bonds is 9. The van der Waals surface area contributed by atoms with Gasteiger partial charge in [-0.15, -0.1) is 6.58 Å². The van der Waals surface area contributed by atoms with Crippen LogP contribution in [0.25, 0.3) is 0 Å². The Bertz CT molecular complexity index is 612. The molecular weight excluding hydrogens is 304 g/mol. The predicted octanol–water partition coefficient (Wildman–Crippen LogP) is 2.23. The molecular formula is C19H24N2O3. The molecule has 5 nitrogen and oxygen atoms in total. The van der Waals surface area contributed by atoms with Gasteiger partial charge in [0.2, 0.25) is 5.91 Å². The number of hydrogen-bond acceptors (Lipinski definition) is 4. The molecule has 2 unspecified atom stereocenters. The zero-order valence-corrected chi connectivity index (χ0v) is 13.7. The van der Waals surface area contributed by atoms with E-state index < -0.39 is 17.6 Å². The standard InChI is InChI=1S/C19H24N2O3/c1-2-3-4-8-12-19(18(20)23)17(16(22)11-13-21-19)24-14-15-9-6-5-7-10-15/h2,5-7,9-11,13,17,21H,1,3-4,8,12,14H2,(H2,20,23). The van der Waals surface area contributed by atoms with Crippen LogP contribution >= 0.6 is 0 Å².